The molecule has 1 nitrogen and oxygen atoms in total. The summed E-state index contributed by atoms with van der Waals surface area (Å²) in [6.07, 6.45) is 1.76. The minimum Gasteiger partial charge on any atom is -0.289 e. The van der Waals surface area contributed by atoms with Crippen LogP contribution in [0.5, 0.6) is 0 Å². The Bertz CT molecular complexity index is 410. The quantitative estimate of drug-likeness (QED) is 0.437. The zero-order chi connectivity index (χ0) is 13.1. The molecule has 0 aromatic heterocycles. The first-order chi connectivity index (χ1) is 7.74. The van der Waals surface area contributed by atoms with Gasteiger partial charge < -0.3 is 0 Å². The van der Waals surface area contributed by atoms with Crippen LogP contribution in [0.25, 0.3) is 0 Å². The van der Waals surface area contributed by atoms with Gasteiger partial charge in [-0.2, -0.15) is 0 Å². The third kappa shape index (κ3) is 3.67. The maximum absolute atomic E-state index is 12.0. The van der Waals surface area contributed by atoms with Gasteiger partial charge in [0.25, 0.3) is 0 Å². The molecule has 0 bridgehead atoms. The minimum atomic E-state index is -1.50. The number of carbonyl (C=O) groups excluding carboxylic acids is 1. The lowest BCUT2D eigenvalue weighted by molar-refractivity contribution is 0.104. The fourth-order valence-electron chi connectivity index (χ4n) is 1.23. The molecule has 17 heavy (non-hydrogen) atoms. The second kappa shape index (κ2) is 5.01. The fourth-order valence-corrected chi connectivity index (χ4v) is 2.30. The molecule has 2 heteroatoms. The van der Waals surface area contributed by atoms with E-state index in [1.807, 2.05) is 30.3 Å². The molecule has 0 atom stereocenters. The van der Waals surface area contributed by atoms with Gasteiger partial charge in [0.1, 0.15) is 0 Å². The molecule has 0 amide bonds. The predicted molar refractivity (Wildman–Crippen MR) is 77.1 cm³/mol. The van der Waals surface area contributed by atoms with E-state index in [1.165, 1.54) is 0 Å². The molecule has 0 saturated carbocycles. The third-order valence-corrected chi connectivity index (χ3v) is 8.51. The molecule has 0 N–H and O–H groups in total. The van der Waals surface area contributed by atoms with Crippen LogP contribution in [0.15, 0.2) is 42.1 Å². The van der Waals surface area contributed by atoms with Gasteiger partial charge in [-0.05, 0) is 11.1 Å². The molecule has 0 aliphatic heterocycles. The van der Waals surface area contributed by atoms with Crippen LogP contribution in [0.2, 0.25) is 18.1 Å². The number of carbonyl (C=O) groups is 1. The van der Waals surface area contributed by atoms with Crippen molar-refractivity contribution in [1.29, 1.82) is 0 Å². The Morgan fingerprint density at radius 1 is 1.12 bits per heavy atom. The third-order valence-electron chi connectivity index (χ3n) is 3.64. The molecule has 0 spiro atoms. The Labute approximate surface area is 106 Å². The van der Waals surface area contributed by atoms with Crippen LogP contribution in [0, 0.1) is 0 Å². The van der Waals surface area contributed by atoms with Crippen LogP contribution in [0.3, 0.4) is 0 Å². The standard InChI is InChI=1S/C15H22OSi/c1-15(2,3)17(4,5)12-11-14(16)13-9-7-6-8-10-13/h6-12H,1-5H3/b12-11+. The molecule has 0 fully saturated rings. The molecular weight excluding hydrogens is 224 g/mol. The molecule has 1 aromatic rings. The molecule has 1 rings (SSSR count). The molecule has 0 unspecified atom stereocenters. The lowest BCUT2D eigenvalue weighted by atomic mass is 10.1. The second-order valence-corrected chi connectivity index (χ2v) is 11.3. The highest BCUT2D eigenvalue weighted by Gasteiger charge is 2.32. The Hall–Kier alpha value is -1.15. The van der Waals surface area contributed by atoms with Crippen LogP contribution < -0.4 is 0 Å². The van der Waals surface area contributed by atoms with Crippen molar-refractivity contribution in [3.8, 4) is 0 Å². The van der Waals surface area contributed by atoms with Gasteiger partial charge in [0.2, 0.25) is 0 Å². The maximum atomic E-state index is 12.0. The largest absolute Gasteiger partial charge is 0.289 e. The first-order valence-corrected chi connectivity index (χ1v) is 9.10. The summed E-state index contributed by atoms with van der Waals surface area (Å²) in [6.45, 7) is 11.3. The van der Waals surface area contributed by atoms with E-state index in [0.29, 0.717) is 0 Å². The van der Waals surface area contributed by atoms with Crippen molar-refractivity contribution in [3.05, 3.63) is 47.7 Å². The van der Waals surface area contributed by atoms with E-state index in [0.717, 1.165) is 5.56 Å². The van der Waals surface area contributed by atoms with Gasteiger partial charge in [0.15, 0.2) is 5.78 Å². The Kier molecular flexibility index (Phi) is 4.10. The van der Waals surface area contributed by atoms with Crippen molar-refractivity contribution in [2.24, 2.45) is 0 Å². The summed E-state index contributed by atoms with van der Waals surface area (Å²) in [4.78, 5) is 12.0. The first kappa shape index (κ1) is 13.9. The lowest BCUT2D eigenvalue weighted by Crippen LogP contribution is -2.35. The number of hydrogen-bond acceptors (Lipinski definition) is 1. The van der Waals surface area contributed by atoms with E-state index in [4.69, 9.17) is 0 Å². The average molecular weight is 246 g/mol. The van der Waals surface area contributed by atoms with E-state index in [2.05, 4.69) is 39.6 Å². The molecule has 0 heterocycles. The topological polar surface area (TPSA) is 17.1 Å². The van der Waals surface area contributed by atoms with E-state index in [9.17, 15) is 4.79 Å². The number of allylic oxidation sites excluding steroid dienone is 1. The van der Waals surface area contributed by atoms with Crippen LogP contribution in [-0.2, 0) is 0 Å². The summed E-state index contributed by atoms with van der Waals surface area (Å²) in [5.41, 5.74) is 2.92. The zero-order valence-electron chi connectivity index (χ0n) is 11.4. The summed E-state index contributed by atoms with van der Waals surface area (Å²) in [6, 6.07) is 9.44. The zero-order valence-corrected chi connectivity index (χ0v) is 12.4. The summed E-state index contributed by atoms with van der Waals surface area (Å²) < 4.78 is 0. The number of ketones is 1. The lowest BCUT2D eigenvalue weighted by Gasteiger charge is -2.34. The van der Waals surface area contributed by atoms with Crippen LogP contribution >= 0.6 is 0 Å². The van der Waals surface area contributed by atoms with Gasteiger partial charge in [-0.3, -0.25) is 4.79 Å². The first-order valence-electron chi connectivity index (χ1n) is 6.03. The van der Waals surface area contributed by atoms with Gasteiger partial charge in [-0.1, -0.05) is 69.9 Å². The van der Waals surface area contributed by atoms with Crippen molar-refractivity contribution in [3.63, 3.8) is 0 Å². The molecule has 0 aliphatic rings. The normalized spacial score (nSPS) is 13.0. The van der Waals surface area contributed by atoms with Crippen molar-refractivity contribution in [1.82, 2.24) is 0 Å². The fraction of sp³-hybridized carbons (Fsp3) is 0.400. The highest BCUT2D eigenvalue weighted by molar-refractivity contribution is 6.85. The van der Waals surface area contributed by atoms with Crippen LogP contribution in [0.4, 0.5) is 0 Å². The summed E-state index contributed by atoms with van der Waals surface area (Å²) in [5.74, 6) is 0.107. The van der Waals surface area contributed by atoms with Gasteiger partial charge in [0.05, 0.1) is 8.07 Å². The van der Waals surface area contributed by atoms with Crippen LogP contribution in [0.1, 0.15) is 31.1 Å². The van der Waals surface area contributed by atoms with Crippen molar-refractivity contribution in [2.45, 2.75) is 38.9 Å². The molecule has 92 valence electrons. The molecule has 0 aliphatic carbocycles. The highest BCUT2D eigenvalue weighted by Crippen LogP contribution is 2.36. The van der Waals surface area contributed by atoms with E-state index in [-0.39, 0.29) is 10.8 Å². The van der Waals surface area contributed by atoms with E-state index in [1.54, 1.807) is 6.08 Å². The smallest absolute Gasteiger partial charge is 0.185 e. The van der Waals surface area contributed by atoms with Crippen molar-refractivity contribution >= 4 is 13.9 Å². The van der Waals surface area contributed by atoms with Gasteiger partial charge in [-0.25, -0.2) is 0 Å². The average Bonchev–Trinajstić information content (AvgIpc) is 2.25. The summed E-state index contributed by atoms with van der Waals surface area (Å²) in [5, 5.41) is 0.278. The predicted octanol–water partition coefficient (Wildman–Crippen LogP) is 4.47. The Morgan fingerprint density at radius 2 is 1.65 bits per heavy atom. The van der Waals surface area contributed by atoms with E-state index < -0.39 is 8.07 Å². The monoisotopic (exact) mass is 246 g/mol. The van der Waals surface area contributed by atoms with Gasteiger partial charge in [0, 0.05) is 5.56 Å². The molecule has 0 radical (unpaired) electrons. The van der Waals surface area contributed by atoms with Crippen LogP contribution in [-0.4, -0.2) is 13.9 Å². The second-order valence-electron chi connectivity index (χ2n) is 6.04. The Morgan fingerprint density at radius 3 is 2.12 bits per heavy atom. The number of benzene rings is 1. The van der Waals surface area contributed by atoms with Crippen molar-refractivity contribution in [2.75, 3.05) is 0 Å². The van der Waals surface area contributed by atoms with Crippen molar-refractivity contribution < 1.29 is 4.79 Å². The number of rotatable bonds is 3. The van der Waals surface area contributed by atoms with E-state index >= 15 is 0 Å². The summed E-state index contributed by atoms with van der Waals surface area (Å²) in [7, 11) is -1.50. The minimum absolute atomic E-state index is 0.107. The molecule has 1 aromatic carbocycles. The van der Waals surface area contributed by atoms with Gasteiger partial charge in [-0.15, -0.1) is 0 Å². The molecule has 0 saturated heterocycles. The molecular formula is C15H22OSi. The SMILES string of the molecule is CC(C)(C)[Si](C)(C)/C=C/C(=O)c1ccccc1. The van der Waals surface area contributed by atoms with Gasteiger partial charge >= 0.3 is 0 Å². The number of hydrogen-bond donors (Lipinski definition) is 0. The summed E-state index contributed by atoms with van der Waals surface area (Å²) >= 11 is 0. The highest BCUT2D eigenvalue weighted by atomic mass is 28.3. The Balaban J connectivity index is 2.83. The maximum Gasteiger partial charge on any atom is 0.185 e.